The number of aromatic hydroxyl groups is 2. The zero-order valence-electron chi connectivity index (χ0n) is 15.9. The van der Waals surface area contributed by atoms with Crippen LogP contribution in [0, 0.1) is 13.8 Å². The minimum atomic E-state index is -4.57. The molecule has 2 rings (SSSR count). The second kappa shape index (κ2) is 8.76. The maximum atomic E-state index is 12.9. The Bertz CT molecular complexity index is 899. The number of hydrogen-bond donors (Lipinski definition) is 2. The zero-order chi connectivity index (χ0) is 22.7. The summed E-state index contributed by atoms with van der Waals surface area (Å²) >= 11 is 0. The molecule has 0 aromatic heterocycles. The number of phenols is 2. The standard InChI is InChI=1S/C20H18F6N2O2/c1-11-5-15(19(21,22)23)7-13(17(11)29)9-27-3-4-28-10-14-8-16(20(24,25)26)6-12(2)18(14)30/h5-10,29-30H,3-4H2,1-2H3. The highest BCUT2D eigenvalue weighted by atomic mass is 19.4. The number of rotatable bonds is 5. The Hall–Kier alpha value is -3.04. The second-order valence-corrected chi connectivity index (χ2v) is 6.53. The fraction of sp³-hybridized carbons (Fsp3) is 0.300. The molecular formula is C20H18F6N2O2. The normalized spacial score (nSPS) is 12.9. The quantitative estimate of drug-likeness (QED) is 0.383. The van der Waals surface area contributed by atoms with Gasteiger partial charge < -0.3 is 10.2 Å². The number of nitrogens with zero attached hydrogens (tertiary/aromatic N) is 2. The van der Waals surface area contributed by atoms with Gasteiger partial charge in [0, 0.05) is 23.6 Å². The van der Waals surface area contributed by atoms with E-state index in [1.165, 1.54) is 13.8 Å². The first-order valence-electron chi connectivity index (χ1n) is 8.62. The van der Waals surface area contributed by atoms with Crippen molar-refractivity contribution < 1.29 is 36.6 Å². The lowest BCUT2D eigenvalue weighted by atomic mass is 10.0. The predicted molar refractivity (Wildman–Crippen MR) is 101 cm³/mol. The molecule has 0 saturated carbocycles. The van der Waals surface area contributed by atoms with Crippen molar-refractivity contribution in [2.24, 2.45) is 9.98 Å². The van der Waals surface area contributed by atoms with E-state index < -0.39 is 23.5 Å². The van der Waals surface area contributed by atoms with Gasteiger partial charge in [-0.15, -0.1) is 0 Å². The summed E-state index contributed by atoms with van der Waals surface area (Å²) in [6.07, 6.45) is -7.01. The molecule has 0 saturated heterocycles. The van der Waals surface area contributed by atoms with Gasteiger partial charge in [-0.2, -0.15) is 26.3 Å². The van der Waals surface area contributed by atoms with Crippen LogP contribution in [-0.4, -0.2) is 35.7 Å². The molecule has 30 heavy (non-hydrogen) atoms. The molecular weight excluding hydrogens is 414 g/mol. The van der Waals surface area contributed by atoms with E-state index in [4.69, 9.17) is 0 Å². The lowest BCUT2D eigenvalue weighted by molar-refractivity contribution is -0.138. The molecule has 0 heterocycles. The van der Waals surface area contributed by atoms with Crippen LogP contribution >= 0.6 is 0 Å². The molecule has 0 aliphatic carbocycles. The van der Waals surface area contributed by atoms with Crippen LogP contribution in [0.5, 0.6) is 11.5 Å². The molecule has 0 bridgehead atoms. The van der Waals surface area contributed by atoms with E-state index in [2.05, 4.69) is 9.98 Å². The van der Waals surface area contributed by atoms with Gasteiger partial charge in [0.1, 0.15) is 11.5 Å². The van der Waals surface area contributed by atoms with E-state index >= 15 is 0 Å². The Labute approximate surface area is 168 Å². The predicted octanol–water partition coefficient (Wildman–Crippen LogP) is 5.29. The molecule has 4 nitrogen and oxygen atoms in total. The van der Waals surface area contributed by atoms with E-state index in [1.807, 2.05) is 0 Å². The maximum absolute atomic E-state index is 12.9. The van der Waals surface area contributed by atoms with Gasteiger partial charge in [-0.05, 0) is 49.2 Å². The third kappa shape index (κ3) is 5.74. The number of aryl methyl sites for hydroxylation is 2. The molecule has 0 amide bonds. The van der Waals surface area contributed by atoms with E-state index in [0.29, 0.717) is 0 Å². The van der Waals surface area contributed by atoms with Crippen molar-refractivity contribution in [3.63, 3.8) is 0 Å². The van der Waals surface area contributed by atoms with E-state index in [9.17, 15) is 36.6 Å². The minimum absolute atomic E-state index is 0.00391. The van der Waals surface area contributed by atoms with Crippen LogP contribution in [0.3, 0.4) is 0 Å². The summed E-state index contributed by atoms with van der Waals surface area (Å²) in [7, 11) is 0. The van der Waals surface area contributed by atoms with Gasteiger partial charge >= 0.3 is 12.4 Å². The van der Waals surface area contributed by atoms with Gasteiger partial charge in [-0.25, -0.2) is 0 Å². The largest absolute Gasteiger partial charge is 0.507 e. The molecule has 2 N–H and O–H groups in total. The lowest BCUT2D eigenvalue weighted by Crippen LogP contribution is -2.06. The van der Waals surface area contributed by atoms with Crippen LogP contribution < -0.4 is 0 Å². The molecule has 0 fully saturated rings. The van der Waals surface area contributed by atoms with Crippen molar-refractivity contribution in [2.45, 2.75) is 26.2 Å². The van der Waals surface area contributed by atoms with Crippen molar-refractivity contribution in [1.29, 1.82) is 0 Å². The lowest BCUT2D eigenvalue weighted by Gasteiger charge is -2.11. The Balaban J connectivity index is 2.09. The highest BCUT2D eigenvalue weighted by molar-refractivity contribution is 5.85. The van der Waals surface area contributed by atoms with Gasteiger partial charge in [0.15, 0.2) is 0 Å². The molecule has 2 aromatic rings. The number of hydrogen-bond acceptors (Lipinski definition) is 4. The Morgan fingerprint density at radius 1 is 0.700 bits per heavy atom. The van der Waals surface area contributed by atoms with Crippen LogP contribution in [0.1, 0.15) is 33.4 Å². The summed E-state index contributed by atoms with van der Waals surface area (Å²) in [5, 5.41) is 19.8. The van der Waals surface area contributed by atoms with E-state index in [1.54, 1.807) is 0 Å². The first-order chi connectivity index (χ1) is 13.8. The van der Waals surface area contributed by atoms with E-state index in [0.717, 1.165) is 36.7 Å². The van der Waals surface area contributed by atoms with Crippen molar-refractivity contribution in [3.8, 4) is 11.5 Å². The highest BCUT2D eigenvalue weighted by Gasteiger charge is 2.32. The number of aliphatic imine (C=N–C) groups is 2. The van der Waals surface area contributed by atoms with Gasteiger partial charge in [-0.3, -0.25) is 9.98 Å². The third-order valence-corrected chi connectivity index (χ3v) is 4.13. The fourth-order valence-corrected chi connectivity index (χ4v) is 2.58. The summed E-state index contributed by atoms with van der Waals surface area (Å²) in [6, 6.07) is 3.16. The van der Waals surface area contributed by atoms with Crippen LogP contribution in [0.15, 0.2) is 34.3 Å². The average molecular weight is 432 g/mol. The molecule has 0 unspecified atom stereocenters. The summed E-state index contributed by atoms with van der Waals surface area (Å²) in [6.45, 7) is 2.67. The van der Waals surface area contributed by atoms with Crippen LogP contribution in [0.25, 0.3) is 0 Å². The van der Waals surface area contributed by atoms with Crippen molar-refractivity contribution in [1.82, 2.24) is 0 Å². The number of benzene rings is 2. The first-order valence-corrected chi connectivity index (χ1v) is 8.62. The Morgan fingerprint density at radius 3 is 1.33 bits per heavy atom. The minimum Gasteiger partial charge on any atom is -0.507 e. The maximum Gasteiger partial charge on any atom is 0.416 e. The summed E-state index contributed by atoms with van der Waals surface area (Å²) in [5.41, 5.74) is -1.99. The summed E-state index contributed by atoms with van der Waals surface area (Å²) in [5.74, 6) is -0.667. The highest BCUT2D eigenvalue weighted by Crippen LogP contribution is 2.35. The van der Waals surface area contributed by atoms with Crippen LogP contribution in [0.4, 0.5) is 26.3 Å². The Morgan fingerprint density at radius 2 is 1.03 bits per heavy atom. The smallest absolute Gasteiger partial charge is 0.416 e. The second-order valence-electron chi connectivity index (χ2n) is 6.53. The molecule has 0 spiro atoms. The number of alkyl halides is 6. The van der Waals surface area contributed by atoms with Crippen molar-refractivity contribution in [3.05, 3.63) is 57.6 Å². The molecule has 0 aliphatic rings. The molecule has 10 heteroatoms. The molecule has 0 atom stereocenters. The van der Waals surface area contributed by atoms with Gasteiger partial charge in [0.25, 0.3) is 0 Å². The molecule has 0 aliphatic heterocycles. The van der Waals surface area contributed by atoms with Gasteiger partial charge in [0.2, 0.25) is 0 Å². The monoisotopic (exact) mass is 432 g/mol. The van der Waals surface area contributed by atoms with Crippen molar-refractivity contribution >= 4 is 12.4 Å². The molecule has 0 radical (unpaired) electrons. The van der Waals surface area contributed by atoms with Gasteiger partial charge in [-0.1, -0.05) is 0 Å². The summed E-state index contributed by atoms with van der Waals surface area (Å²) < 4.78 is 77.1. The number of halogens is 6. The number of phenolic OH excluding ortho intramolecular Hbond substituents is 2. The van der Waals surface area contributed by atoms with Crippen LogP contribution in [0.2, 0.25) is 0 Å². The molecule has 162 valence electrons. The van der Waals surface area contributed by atoms with Crippen molar-refractivity contribution in [2.75, 3.05) is 13.1 Å². The Kier molecular flexibility index (Phi) is 6.79. The molecule has 2 aromatic carbocycles. The topological polar surface area (TPSA) is 65.2 Å². The van der Waals surface area contributed by atoms with E-state index in [-0.39, 0.29) is 46.8 Å². The zero-order valence-corrected chi connectivity index (χ0v) is 15.9. The SMILES string of the molecule is Cc1cc(C(F)(F)F)cc(C=NCCN=Cc2cc(C(F)(F)F)cc(C)c2O)c1O. The average Bonchev–Trinajstić information content (AvgIpc) is 2.62. The first kappa shape index (κ1) is 23.2. The van der Waals surface area contributed by atoms with Gasteiger partial charge in [0.05, 0.1) is 24.2 Å². The third-order valence-electron chi connectivity index (χ3n) is 4.13. The fourth-order valence-electron chi connectivity index (χ4n) is 2.58. The summed E-state index contributed by atoms with van der Waals surface area (Å²) in [4.78, 5) is 7.77. The van der Waals surface area contributed by atoms with Crippen LogP contribution in [-0.2, 0) is 12.4 Å².